The maximum Gasteiger partial charge on any atom is 0.252 e. The molecule has 1 N–H and O–H groups in total. The molecule has 3 aromatic rings. The number of pyridine rings is 1. The average Bonchev–Trinajstić information content (AvgIpc) is 3.44. The smallest absolute Gasteiger partial charge is 0.252 e. The Morgan fingerprint density at radius 3 is 2.31 bits per heavy atom. The number of hydrogen-bond acceptors (Lipinski definition) is 5. The van der Waals surface area contributed by atoms with Crippen molar-refractivity contribution in [2.45, 2.75) is 32.4 Å². The molecule has 0 aromatic carbocycles. The summed E-state index contributed by atoms with van der Waals surface area (Å²) in [6, 6.07) is 11.6. The van der Waals surface area contributed by atoms with Gasteiger partial charge in [-0.15, -0.1) is 22.7 Å². The second kappa shape index (κ2) is 11.5. The Labute approximate surface area is 179 Å². The maximum absolute atomic E-state index is 12.7. The number of carbonyl (C=O) groups excluding carboxylic acids is 2. The van der Waals surface area contributed by atoms with Gasteiger partial charge in [0.2, 0.25) is 5.91 Å². The maximum atomic E-state index is 12.7. The van der Waals surface area contributed by atoms with Crippen molar-refractivity contribution in [2.24, 2.45) is 0 Å². The van der Waals surface area contributed by atoms with Gasteiger partial charge in [-0.3, -0.25) is 14.6 Å². The molecule has 7 heteroatoms. The third kappa shape index (κ3) is 7.11. The number of amides is 2. The number of rotatable bonds is 11. The molecule has 3 heterocycles. The second-order valence-electron chi connectivity index (χ2n) is 6.55. The Bertz CT molecular complexity index is 829. The summed E-state index contributed by atoms with van der Waals surface area (Å²) in [5, 5.41) is 6.95. The van der Waals surface area contributed by atoms with Crippen LogP contribution in [0.4, 0.5) is 0 Å². The topological polar surface area (TPSA) is 62.3 Å². The predicted molar refractivity (Wildman–Crippen MR) is 118 cm³/mol. The molecule has 0 saturated carbocycles. The lowest BCUT2D eigenvalue weighted by atomic mass is 10.1. The van der Waals surface area contributed by atoms with E-state index in [4.69, 9.17) is 0 Å². The van der Waals surface area contributed by atoms with Crippen LogP contribution in [0.25, 0.3) is 0 Å². The van der Waals surface area contributed by atoms with Crippen LogP contribution >= 0.6 is 22.7 Å². The summed E-state index contributed by atoms with van der Waals surface area (Å²) >= 11 is 3.34. The standard InChI is InChI=1S/C22H24N3O2S2/c26-21(10-2-1-3-12-24-22(27)18-7-4-11-23-15-18)25(16-19-8-5-13-28-19)17-20-9-6-14-29-20/h4-11,13-15H,1-3,12,16-17H2,(H,24,27). The molecule has 0 saturated heterocycles. The highest BCUT2D eigenvalue weighted by atomic mass is 32.1. The number of thiophene rings is 2. The van der Waals surface area contributed by atoms with Gasteiger partial charge in [0, 0.05) is 35.1 Å². The van der Waals surface area contributed by atoms with E-state index in [1.165, 1.54) is 9.75 Å². The fourth-order valence-corrected chi connectivity index (χ4v) is 4.26. The summed E-state index contributed by atoms with van der Waals surface area (Å²) in [4.78, 5) is 32.9. The van der Waals surface area contributed by atoms with E-state index in [9.17, 15) is 9.59 Å². The van der Waals surface area contributed by atoms with Crippen molar-refractivity contribution in [3.8, 4) is 0 Å². The van der Waals surface area contributed by atoms with Crippen LogP contribution < -0.4 is 5.32 Å². The van der Waals surface area contributed by atoms with E-state index < -0.39 is 0 Å². The molecule has 29 heavy (non-hydrogen) atoms. The molecule has 5 nitrogen and oxygen atoms in total. The van der Waals surface area contributed by atoms with Gasteiger partial charge in [0.1, 0.15) is 0 Å². The first-order chi connectivity index (χ1) is 14.2. The molecular weight excluding hydrogens is 402 g/mol. The minimum Gasteiger partial charge on any atom is -0.352 e. The molecule has 0 bridgehead atoms. The van der Waals surface area contributed by atoms with Crippen LogP contribution in [0.15, 0.2) is 59.6 Å². The summed E-state index contributed by atoms with van der Waals surface area (Å²) in [7, 11) is 0. The van der Waals surface area contributed by atoms with Crippen molar-refractivity contribution < 1.29 is 9.59 Å². The molecular formula is C22H24N3O2S2. The van der Waals surface area contributed by atoms with E-state index in [1.54, 1.807) is 53.6 Å². The van der Waals surface area contributed by atoms with Crippen LogP contribution in [0, 0.1) is 6.42 Å². The van der Waals surface area contributed by atoms with E-state index in [0.29, 0.717) is 31.6 Å². The monoisotopic (exact) mass is 426 g/mol. The number of aromatic nitrogens is 1. The summed E-state index contributed by atoms with van der Waals surface area (Å²) in [6.07, 6.45) is 7.34. The predicted octanol–water partition coefficient (Wildman–Crippen LogP) is 4.54. The minimum atomic E-state index is -0.115. The van der Waals surface area contributed by atoms with Gasteiger partial charge in [0.25, 0.3) is 5.91 Å². The molecule has 0 atom stereocenters. The first kappa shape index (κ1) is 21.2. The van der Waals surface area contributed by atoms with E-state index in [2.05, 4.69) is 22.4 Å². The highest BCUT2D eigenvalue weighted by Gasteiger charge is 2.15. The number of nitrogens with zero attached hydrogens (tertiary/aromatic N) is 2. The molecule has 0 unspecified atom stereocenters. The summed E-state index contributed by atoms with van der Waals surface area (Å²) in [6.45, 7) is 1.85. The molecule has 0 fully saturated rings. The van der Waals surface area contributed by atoms with Gasteiger partial charge in [0.05, 0.1) is 18.7 Å². The number of carbonyl (C=O) groups is 2. The van der Waals surface area contributed by atoms with Crippen LogP contribution in [0.2, 0.25) is 0 Å². The van der Waals surface area contributed by atoms with Crippen LogP contribution in [-0.4, -0.2) is 28.2 Å². The molecule has 151 valence electrons. The van der Waals surface area contributed by atoms with Gasteiger partial charge in [-0.05, 0) is 47.9 Å². The fourth-order valence-electron chi connectivity index (χ4n) is 2.82. The lowest BCUT2D eigenvalue weighted by Crippen LogP contribution is -2.29. The molecule has 3 aromatic heterocycles. The van der Waals surface area contributed by atoms with Crippen molar-refractivity contribution >= 4 is 34.5 Å². The van der Waals surface area contributed by atoms with Crippen LogP contribution in [-0.2, 0) is 17.9 Å². The first-order valence-electron chi connectivity index (χ1n) is 9.57. The molecule has 2 amide bonds. The number of unbranched alkanes of at least 4 members (excludes halogenated alkanes) is 2. The lowest BCUT2D eigenvalue weighted by Gasteiger charge is -2.21. The Kier molecular flexibility index (Phi) is 8.40. The molecule has 0 aliphatic heterocycles. The number of hydrogen-bond donors (Lipinski definition) is 1. The quantitative estimate of drug-likeness (QED) is 0.458. The van der Waals surface area contributed by atoms with Crippen molar-refractivity contribution in [1.82, 2.24) is 15.2 Å². The van der Waals surface area contributed by atoms with Gasteiger partial charge in [-0.25, -0.2) is 0 Å². The van der Waals surface area contributed by atoms with Gasteiger partial charge in [0.15, 0.2) is 0 Å². The Balaban J connectivity index is 1.38. The third-order valence-electron chi connectivity index (χ3n) is 4.32. The first-order valence-corrected chi connectivity index (χ1v) is 11.3. The second-order valence-corrected chi connectivity index (χ2v) is 8.62. The van der Waals surface area contributed by atoms with Crippen LogP contribution in [0.3, 0.4) is 0 Å². The molecule has 0 spiro atoms. The summed E-state index contributed by atoms with van der Waals surface area (Å²) in [5.41, 5.74) is 0.562. The van der Waals surface area contributed by atoms with Crippen LogP contribution in [0.1, 0.15) is 39.4 Å². The summed E-state index contributed by atoms with van der Waals surface area (Å²) < 4.78 is 0. The molecule has 0 aliphatic carbocycles. The zero-order valence-electron chi connectivity index (χ0n) is 16.1. The van der Waals surface area contributed by atoms with E-state index >= 15 is 0 Å². The van der Waals surface area contributed by atoms with Crippen molar-refractivity contribution in [2.75, 3.05) is 6.54 Å². The molecule has 3 rings (SSSR count). The minimum absolute atomic E-state index is 0.0613. The zero-order chi connectivity index (χ0) is 20.3. The average molecular weight is 427 g/mol. The Hall–Kier alpha value is -2.51. The molecule has 0 aliphatic rings. The Morgan fingerprint density at radius 2 is 1.72 bits per heavy atom. The zero-order valence-corrected chi connectivity index (χ0v) is 17.8. The summed E-state index contributed by atoms with van der Waals surface area (Å²) in [5.74, 6) is -0.0533. The van der Waals surface area contributed by atoms with E-state index in [1.807, 2.05) is 27.8 Å². The van der Waals surface area contributed by atoms with E-state index in [-0.39, 0.29) is 11.8 Å². The number of nitrogens with one attached hydrogen (secondary N) is 1. The highest BCUT2D eigenvalue weighted by molar-refractivity contribution is 7.10. The Morgan fingerprint density at radius 1 is 1.00 bits per heavy atom. The normalized spacial score (nSPS) is 10.6. The van der Waals surface area contributed by atoms with Crippen molar-refractivity contribution in [3.05, 3.63) is 81.3 Å². The largest absolute Gasteiger partial charge is 0.352 e. The lowest BCUT2D eigenvalue weighted by molar-refractivity contribution is -0.128. The van der Waals surface area contributed by atoms with Crippen molar-refractivity contribution in [1.29, 1.82) is 0 Å². The highest BCUT2D eigenvalue weighted by Crippen LogP contribution is 2.18. The van der Waals surface area contributed by atoms with Gasteiger partial charge in [-0.2, -0.15) is 0 Å². The third-order valence-corrected chi connectivity index (χ3v) is 6.05. The van der Waals surface area contributed by atoms with Gasteiger partial charge >= 0.3 is 0 Å². The van der Waals surface area contributed by atoms with Crippen LogP contribution in [0.5, 0.6) is 0 Å². The molecule has 1 radical (unpaired) electrons. The van der Waals surface area contributed by atoms with E-state index in [0.717, 1.165) is 12.8 Å². The van der Waals surface area contributed by atoms with Gasteiger partial charge in [-0.1, -0.05) is 18.6 Å². The SMILES string of the molecule is O=C(NCCCC[CH]C(=O)N(Cc1cccs1)Cc1cccs1)c1cccnc1. The van der Waals surface area contributed by atoms with Crippen molar-refractivity contribution in [3.63, 3.8) is 0 Å². The van der Waals surface area contributed by atoms with Gasteiger partial charge < -0.3 is 10.2 Å². The fraction of sp³-hybridized carbons (Fsp3) is 0.273.